The van der Waals surface area contributed by atoms with Gasteiger partial charge in [-0.05, 0) is 57.5 Å². The highest BCUT2D eigenvalue weighted by Gasteiger charge is 2.51. The van der Waals surface area contributed by atoms with Gasteiger partial charge in [-0.25, -0.2) is 9.69 Å². The lowest BCUT2D eigenvalue weighted by molar-refractivity contribution is -0.144. The number of hydrogen-bond acceptors (Lipinski definition) is 5. The average molecular weight is 596 g/mol. The fourth-order valence-electron chi connectivity index (χ4n) is 5.23. The Labute approximate surface area is 248 Å². The number of ether oxygens (including phenoxy) is 1. The van der Waals surface area contributed by atoms with Crippen molar-refractivity contribution in [2.45, 2.75) is 129 Å². The molecule has 3 amide bonds. The van der Waals surface area contributed by atoms with E-state index in [1.807, 2.05) is 0 Å². The number of alkyl halides is 3. The number of anilines is 1. The summed E-state index contributed by atoms with van der Waals surface area (Å²) in [5.41, 5.74) is -2.42. The summed E-state index contributed by atoms with van der Waals surface area (Å²) in [4.78, 5) is 44.1. The van der Waals surface area contributed by atoms with Gasteiger partial charge >= 0.3 is 18.2 Å². The van der Waals surface area contributed by atoms with Gasteiger partial charge in [-0.1, -0.05) is 77.2 Å². The standard InChI is InChI=1S/C32H48F3N3O4/c1-5-6-7-8-9-10-11-12-13-14-15-18-28(39)42-22-17-16-21-37-30(41)38(29(40)31(37,2)3)26-20-19-25(24-36-4)27(23-26)32(33,34)35/h19-20,23H,4-18,21-22,24H2,1-3H3. The van der Waals surface area contributed by atoms with Crippen molar-refractivity contribution in [3.05, 3.63) is 29.3 Å². The molecule has 1 heterocycles. The van der Waals surface area contributed by atoms with Gasteiger partial charge in [-0.3, -0.25) is 14.6 Å². The SMILES string of the molecule is C=NCc1ccc(N2C(=O)N(CCCCOC(=O)CCCCCCCCCCCCC)C(C)(C)C2=O)cc1C(F)(F)F. The van der Waals surface area contributed by atoms with Gasteiger partial charge in [0.15, 0.2) is 0 Å². The molecule has 0 aromatic heterocycles. The highest BCUT2D eigenvalue weighted by atomic mass is 19.4. The predicted molar refractivity (Wildman–Crippen MR) is 160 cm³/mol. The third-order valence-electron chi connectivity index (χ3n) is 7.79. The maximum absolute atomic E-state index is 13.6. The minimum atomic E-state index is -4.68. The average Bonchev–Trinajstić information content (AvgIpc) is 3.10. The second kappa shape index (κ2) is 17.3. The van der Waals surface area contributed by atoms with E-state index in [-0.39, 0.29) is 36.9 Å². The number of carbonyl (C=O) groups is 3. The van der Waals surface area contributed by atoms with Gasteiger partial charge < -0.3 is 9.64 Å². The van der Waals surface area contributed by atoms with Gasteiger partial charge in [0.05, 0.1) is 24.4 Å². The topological polar surface area (TPSA) is 79.3 Å². The van der Waals surface area contributed by atoms with Crippen molar-refractivity contribution in [2.24, 2.45) is 4.99 Å². The van der Waals surface area contributed by atoms with Crippen LogP contribution in [0.3, 0.4) is 0 Å². The highest BCUT2D eigenvalue weighted by molar-refractivity contribution is 6.23. The molecule has 0 spiro atoms. The molecular formula is C32H48F3N3O4. The Morgan fingerprint density at radius 3 is 2.10 bits per heavy atom. The molecular weight excluding hydrogens is 547 g/mol. The summed E-state index contributed by atoms with van der Waals surface area (Å²) in [6.07, 6.45) is 9.97. The number of esters is 1. The van der Waals surface area contributed by atoms with Crippen LogP contribution in [0.4, 0.5) is 23.7 Å². The summed E-state index contributed by atoms with van der Waals surface area (Å²) in [5, 5.41) is 0. The van der Waals surface area contributed by atoms with Gasteiger partial charge in [-0.15, -0.1) is 0 Å². The molecule has 10 heteroatoms. The van der Waals surface area contributed by atoms with E-state index in [9.17, 15) is 27.6 Å². The molecule has 1 saturated heterocycles. The summed E-state index contributed by atoms with van der Waals surface area (Å²) in [6.45, 7) is 8.79. The van der Waals surface area contributed by atoms with Crippen LogP contribution in [0, 0.1) is 0 Å². The third kappa shape index (κ3) is 10.4. The van der Waals surface area contributed by atoms with Crippen molar-refractivity contribution in [3.8, 4) is 0 Å². The second-order valence-corrected chi connectivity index (χ2v) is 11.6. The number of carbonyl (C=O) groups excluding carboxylic acids is 3. The van der Waals surface area contributed by atoms with Crippen molar-refractivity contribution in [1.82, 2.24) is 4.90 Å². The molecule has 0 radical (unpaired) electrons. The summed E-state index contributed by atoms with van der Waals surface area (Å²) < 4.78 is 46.3. The van der Waals surface area contributed by atoms with Crippen LogP contribution in [0.1, 0.15) is 122 Å². The van der Waals surface area contributed by atoms with Crippen molar-refractivity contribution in [2.75, 3.05) is 18.1 Å². The van der Waals surface area contributed by atoms with Crippen LogP contribution in [0.5, 0.6) is 0 Å². The molecule has 236 valence electrons. The smallest absolute Gasteiger partial charge is 0.416 e. The van der Waals surface area contributed by atoms with Crippen molar-refractivity contribution in [3.63, 3.8) is 0 Å². The number of unbranched alkanes of at least 4 members (excludes halogenated alkanes) is 11. The molecule has 7 nitrogen and oxygen atoms in total. The molecule has 42 heavy (non-hydrogen) atoms. The molecule has 1 fully saturated rings. The number of benzene rings is 1. The zero-order chi connectivity index (χ0) is 31.2. The summed E-state index contributed by atoms with van der Waals surface area (Å²) in [6, 6.07) is 2.67. The monoisotopic (exact) mass is 595 g/mol. The fourth-order valence-corrected chi connectivity index (χ4v) is 5.23. The van der Waals surface area contributed by atoms with Crippen molar-refractivity contribution >= 4 is 30.3 Å². The van der Waals surface area contributed by atoms with Crippen molar-refractivity contribution in [1.29, 1.82) is 0 Å². The second-order valence-electron chi connectivity index (χ2n) is 11.6. The minimum absolute atomic E-state index is 0.0884. The van der Waals surface area contributed by atoms with Crippen LogP contribution >= 0.6 is 0 Å². The lowest BCUT2D eigenvalue weighted by atomic mass is 10.0. The van der Waals surface area contributed by atoms with Crippen molar-refractivity contribution < 1.29 is 32.3 Å². The van der Waals surface area contributed by atoms with Crippen LogP contribution in [0.2, 0.25) is 0 Å². The largest absolute Gasteiger partial charge is 0.466 e. The molecule has 2 rings (SSSR count). The number of imide groups is 1. The maximum atomic E-state index is 13.6. The van der Waals surface area contributed by atoms with Crippen LogP contribution in [0.25, 0.3) is 0 Å². The maximum Gasteiger partial charge on any atom is 0.416 e. The number of halogens is 3. The zero-order valence-electron chi connectivity index (χ0n) is 25.6. The van der Waals surface area contributed by atoms with E-state index >= 15 is 0 Å². The summed E-state index contributed by atoms with van der Waals surface area (Å²) in [5.74, 6) is -0.839. The first kappa shape index (κ1) is 35.3. The van der Waals surface area contributed by atoms with E-state index in [2.05, 4.69) is 18.6 Å². The normalized spacial score (nSPS) is 15.0. The molecule has 0 bridgehead atoms. The van der Waals surface area contributed by atoms with E-state index in [0.29, 0.717) is 19.3 Å². The molecule has 0 N–H and O–H groups in total. The van der Waals surface area contributed by atoms with E-state index in [1.165, 1.54) is 68.4 Å². The number of aliphatic imine (C=N–C) groups is 1. The molecule has 0 saturated carbocycles. The number of urea groups is 1. The Morgan fingerprint density at radius 2 is 1.52 bits per heavy atom. The Kier molecular flexibility index (Phi) is 14.5. The Hall–Kier alpha value is -2.91. The molecule has 1 aliphatic heterocycles. The first-order valence-corrected chi connectivity index (χ1v) is 15.4. The first-order chi connectivity index (χ1) is 19.9. The van der Waals surface area contributed by atoms with E-state index < -0.39 is 29.2 Å². The number of hydrogen-bond donors (Lipinski definition) is 0. The fraction of sp³-hybridized carbons (Fsp3) is 0.688. The quantitative estimate of drug-likeness (QED) is 0.0655. The Morgan fingerprint density at radius 1 is 0.929 bits per heavy atom. The van der Waals surface area contributed by atoms with Gasteiger partial charge in [0.2, 0.25) is 0 Å². The zero-order valence-corrected chi connectivity index (χ0v) is 25.6. The van der Waals surface area contributed by atoms with Crippen LogP contribution < -0.4 is 4.90 Å². The molecule has 1 aromatic carbocycles. The minimum Gasteiger partial charge on any atom is -0.466 e. The molecule has 0 aliphatic carbocycles. The summed E-state index contributed by atoms with van der Waals surface area (Å²) in [7, 11) is 0. The predicted octanol–water partition coefficient (Wildman–Crippen LogP) is 8.48. The lowest BCUT2D eigenvalue weighted by Gasteiger charge is -2.27. The van der Waals surface area contributed by atoms with Gasteiger partial charge in [0.1, 0.15) is 5.54 Å². The number of rotatable bonds is 20. The highest BCUT2D eigenvalue weighted by Crippen LogP contribution is 2.38. The van der Waals surface area contributed by atoms with Crippen LogP contribution in [-0.2, 0) is 27.0 Å². The Balaban J connectivity index is 1.74. The number of nitrogens with zero attached hydrogens (tertiary/aromatic N) is 3. The molecule has 1 aliphatic rings. The summed E-state index contributed by atoms with van der Waals surface area (Å²) >= 11 is 0. The molecule has 0 unspecified atom stereocenters. The third-order valence-corrected chi connectivity index (χ3v) is 7.79. The number of amides is 3. The van der Waals surface area contributed by atoms with Crippen LogP contribution in [0.15, 0.2) is 23.2 Å². The van der Waals surface area contributed by atoms with Gasteiger partial charge in [0.25, 0.3) is 5.91 Å². The van der Waals surface area contributed by atoms with E-state index in [0.717, 1.165) is 30.2 Å². The van der Waals surface area contributed by atoms with E-state index in [4.69, 9.17) is 4.74 Å². The first-order valence-electron chi connectivity index (χ1n) is 15.4. The molecule has 1 aromatic rings. The Bertz CT molecular complexity index is 1040. The van der Waals surface area contributed by atoms with E-state index in [1.54, 1.807) is 13.8 Å². The van der Waals surface area contributed by atoms with Crippen LogP contribution in [-0.4, -0.2) is 48.2 Å². The van der Waals surface area contributed by atoms with Gasteiger partial charge in [-0.2, -0.15) is 13.2 Å². The lowest BCUT2D eigenvalue weighted by Crippen LogP contribution is -2.44. The molecule has 0 atom stereocenters. The van der Waals surface area contributed by atoms with Gasteiger partial charge in [0, 0.05) is 13.0 Å².